The minimum atomic E-state index is 0.0594. The van der Waals surface area contributed by atoms with E-state index in [-0.39, 0.29) is 5.91 Å². The number of hydrogen-bond acceptors (Lipinski definition) is 3. The van der Waals surface area contributed by atoms with Crippen LogP contribution in [0.3, 0.4) is 0 Å². The molecule has 1 aromatic carbocycles. The van der Waals surface area contributed by atoms with Crippen molar-refractivity contribution in [3.63, 3.8) is 0 Å². The van der Waals surface area contributed by atoms with E-state index in [0.717, 1.165) is 5.69 Å². The summed E-state index contributed by atoms with van der Waals surface area (Å²) >= 11 is 1.74. The summed E-state index contributed by atoms with van der Waals surface area (Å²) in [5.74, 6) is 0.0594. The molecule has 0 spiro atoms. The third kappa shape index (κ3) is 2.52. The second kappa shape index (κ2) is 4.99. The van der Waals surface area contributed by atoms with E-state index in [4.69, 9.17) is 0 Å². The predicted octanol–water partition coefficient (Wildman–Crippen LogP) is 2.45. The summed E-state index contributed by atoms with van der Waals surface area (Å²) in [5, 5.41) is 9.16. The Labute approximate surface area is 98.5 Å². The lowest BCUT2D eigenvalue weighted by molar-refractivity contribution is -0.120. The van der Waals surface area contributed by atoms with E-state index in [2.05, 4.69) is 34.2 Å². The molecule has 0 saturated carbocycles. The summed E-state index contributed by atoms with van der Waals surface area (Å²) in [6.07, 6.45) is 0.498. The van der Waals surface area contributed by atoms with Gasteiger partial charge in [-0.25, -0.2) is 0 Å². The van der Waals surface area contributed by atoms with Crippen molar-refractivity contribution >= 4 is 33.0 Å². The van der Waals surface area contributed by atoms with Crippen LogP contribution in [0.4, 0.5) is 5.69 Å². The van der Waals surface area contributed by atoms with Gasteiger partial charge in [0.05, 0.1) is 0 Å². The fourth-order valence-corrected chi connectivity index (χ4v) is 2.29. The Morgan fingerprint density at radius 3 is 3.06 bits per heavy atom. The van der Waals surface area contributed by atoms with Gasteiger partial charge in [-0.15, -0.1) is 11.3 Å². The normalized spacial score (nSPS) is 10.3. The lowest BCUT2D eigenvalue weighted by Crippen LogP contribution is -2.20. The molecular formula is C12H14N2OS. The number of rotatable bonds is 4. The Bertz CT molecular complexity index is 492. The van der Waals surface area contributed by atoms with E-state index >= 15 is 0 Å². The molecule has 2 N–H and O–H groups in total. The second-order valence-electron chi connectivity index (χ2n) is 3.52. The third-order valence-electron chi connectivity index (χ3n) is 2.41. The molecule has 0 aliphatic heterocycles. The maximum atomic E-state index is 11.0. The first-order chi connectivity index (χ1) is 7.79. The summed E-state index contributed by atoms with van der Waals surface area (Å²) in [7, 11) is 1.65. The first kappa shape index (κ1) is 11.0. The molecule has 1 heterocycles. The van der Waals surface area contributed by atoms with Crippen molar-refractivity contribution in [2.75, 3.05) is 18.9 Å². The molecule has 1 aromatic heterocycles. The molecule has 0 radical (unpaired) electrons. The maximum absolute atomic E-state index is 11.0. The zero-order chi connectivity index (χ0) is 11.4. The van der Waals surface area contributed by atoms with Crippen LogP contribution >= 0.6 is 11.3 Å². The first-order valence-electron chi connectivity index (χ1n) is 5.21. The number of anilines is 1. The van der Waals surface area contributed by atoms with E-state index in [1.54, 1.807) is 18.4 Å². The first-order valence-corrected chi connectivity index (χ1v) is 6.09. The molecule has 0 aliphatic rings. The standard InChI is InChI=1S/C12H14N2OS/c1-13-12(15)4-6-14-10-2-3-11-9(8-10)5-7-16-11/h2-3,5,7-8,14H,4,6H2,1H3,(H,13,15). The molecule has 16 heavy (non-hydrogen) atoms. The lowest BCUT2D eigenvalue weighted by Gasteiger charge is -2.05. The van der Waals surface area contributed by atoms with Gasteiger partial charge in [-0.2, -0.15) is 0 Å². The molecule has 84 valence electrons. The van der Waals surface area contributed by atoms with Crippen molar-refractivity contribution in [3.8, 4) is 0 Å². The van der Waals surface area contributed by atoms with Crippen LogP contribution in [0.1, 0.15) is 6.42 Å². The van der Waals surface area contributed by atoms with Crippen LogP contribution < -0.4 is 10.6 Å². The van der Waals surface area contributed by atoms with Gasteiger partial charge in [-0.1, -0.05) is 0 Å². The number of nitrogens with one attached hydrogen (secondary N) is 2. The molecule has 3 nitrogen and oxygen atoms in total. The van der Waals surface area contributed by atoms with Gasteiger partial charge in [0, 0.05) is 30.4 Å². The van der Waals surface area contributed by atoms with E-state index < -0.39 is 0 Å². The Morgan fingerprint density at radius 2 is 2.25 bits per heavy atom. The number of hydrogen-bond donors (Lipinski definition) is 2. The van der Waals surface area contributed by atoms with Crippen LogP contribution in [-0.4, -0.2) is 19.5 Å². The molecule has 0 bridgehead atoms. The highest BCUT2D eigenvalue weighted by atomic mass is 32.1. The van der Waals surface area contributed by atoms with Crippen LogP contribution in [0.15, 0.2) is 29.6 Å². The van der Waals surface area contributed by atoms with Crippen molar-refractivity contribution in [1.82, 2.24) is 5.32 Å². The summed E-state index contributed by atoms with van der Waals surface area (Å²) in [4.78, 5) is 11.0. The van der Waals surface area contributed by atoms with Crippen molar-refractivity contribution in [2.45, 2.75) is 6.42 Å². The summed E-state index contributed by atoms with van der Waals surface area (Å²) < 4.78 is 1.29. The number of benzene rings is 1. The molecule has 2 aromatic rings. The monoisotopic (exact) mass is 234 g/mol. The van der Waals surface area contributed by atoms with Crippen molar-refractivity contribution in [1.29, 1.82) is 0 Å². The highest BCUT2D eigenvalue weighted by molar-refractivity contribution is 7.17. The molecule has 0 fully saturated rings. The minimum Gasteiger partial charge on any atom is -0.385 e. The zero-order valence-electron chi connectivity index (χ0n) is 9.12. The third-order valence-corrected chi connectivity index (χ3v) is 3.31. The van der Waals surface area contributed by atoms with Gasteiger partial charge < -0.3 is 10.6 Å². The topological polar surface area (TPSA) is 41.1 Å². The molecular weight excluding hydrogens is 220 g/mol. The Hall–Kier alpha value is -1.55. The lowest BCUT2D eigenvalue weighted by atomic mass is 10.2. The van der Waals surface area contributed by atoms with Crippen LogP contribution in [-0.2, 0) is 4.79 Å². The summed E-state index contributed by atoms with van der Waals surface area (Å²) in [5.41, 5.74) is 1.06. The number of carbonyl (C=O) groups excluding carboxylic acids is 1. The largest absolute Gasteiger partial charge is 0.385 e. The van der Waals surface area contributed by atoms with E-state index in [0.29, 0.717) is 13.0 Å². The quantitative estimate of drug-likeness (QED) is 0.853. The van der Waals surface area contributed by atoms with Gasteiger partial charge in [0.15, 0.2) is 0 Å². The van der Waals surface area contributed by atoms with Crippen molar-refractivity contribution in [3.05, 3.63) is 29.6 Å². The highest BCUT2D eigenvalue weighted by Crippen LogP contribution is 2.23. The Kier molecular flexibility index (Phi) is 3.41. The van der Waals surface area contributed by atoms with Crippen molar-refractivity contribution in [2.24, 2.45) is 0 Å². The second-order valence-corrected chi connectivity index (χ2v) is 4.47. The number of thiophene rings is 1. The van der Waals surface area contributed by atoms with Crippen LogP contribution in [0.25, 0.3) is 10.1 Å². The molecule has 0 aliphatic carbocycles. The Morgan fingerprint density at radius 1 is 1.38 bits per heavy atom. The molecule has 0 atom stereocenters. The molecule has 0 saturated heterocycles. The Balaban J connectivity index is 1.96. The highest BCUT2D eigenvalue weighted by Gasteiger charge is 1.99. The average Bonchev–Trinajstić information content (AvgIpc) is 2.76. The molecule has 4 heteroatoms. The molecule has 2 rings (SSSR count). The van der Waals surface area contributed by atoms with Gasteiger partial charge in [0.25, 0.3) is 0 Å². The average molecular weight is 234 g/mol. The SMILES string of the molecule is CNC(=O)CCNc1ccc2sccc2c1. The van der Waals surface area contributed by atoms with Gasteiger partial charge in [-0.3, -0.25) is 4.79 Å². The summed E-state index contributed by atoms with van der Waals surface area (Å²) in [6, 6.07) is 8.35. The van der Waals surface area contributed by atoms with E-state index in [9.17, 15) is 4.79 Å². The minimum absolute atomic E-state index is 0.0594. The molecule has 1 amide bonds. The fourth-order valence-electron chi connectivity index (χ4n) is 1.52. The number of amides is 1. The molecule has 0 unspecified atom stereocenters. The van der Waals surface area contributed by atoms with E-state index in [1.807, 2.05) is 6.07 Å². The van der Waals surface area contributed by atoms with Crippen LogP contribution in [0, 0.1) is 0 Å². The number of fused-ring (bicyclic) bond motifs is 1. The zero-order valence-corrected chi connectivity index (χ0v) is 9.93. The van der Waals surface area contributed by atoms with Crippen LogP contribution in [0.2, 0.25) is 0 Å². The van der Waals surface area contributed by atoms with Crippen molar-refractivity contribution < 1.29 is 4.79 Å². The van der Waals surface area contributed by atoms with E-state index in [1.165, 1.54) is 10.1 Å². The van der Waals surface area contributed by atoms with Gasteiger partial charge in [0.1, 0.15) is 0 Å². The van der Waals surface area contributed by atoms with Gasteiger partial charge in [0.2, 0.25) is 5.91 Å². The van der Waals surface area contributed by atoms with Gasteiger partial charge in [-0.05, 0) is 35.0 Å². The van der Waals surface area contributed by atoms with Crippen LogP contribution in [0.5, 0.6) is 0 Å². The smallest absolute Gasteiger partial charge is 0.221 e. The predicted molar refractivity (Wildman–Crippen MR) is 69.0 cm³/mol. The maximum Gasteiger partial charge on any atom is 0.221 e. The summed E-state index contributed by atoms with van der Waals surface area (Å²) in [6.45, 7) is 0.662. The number of carbonyl (C=O) groups is 1. The fraction of sp³-hybridized carbons (Fsp3) is 0.250. The van der Waals surface area contributed by atoms with Gasteiger partial charge >= 0.3 is 0 Å².